The van der Waals surface area contributed by atoms with Crippen molar-refractivity contribution >= 4 is 53.6 Å². The standard InChI is InChI=1S/C27H38N8O.2ClH/c1-3-30-27(33-20-10-8-19(28)9-11-20)31-16-24-26(34(17-29-24)21-6-4-5-7-21)35(27)25-15-18-14-22(36-2)12-13-23(18)32-25;;/h12-17,19-21,30,32-33H,3-11,28H2,1-2H3;2*1H/t19-,20-,27?;;. The van der Waals surface area contributed by atoms with E-state index in [1.165, 1.54) is 25.7 Å². The van der Waals surface area contributed by atoms with Gasteiger partial charge in [0.25, 0.3) is 5.91 Å². The van der Waals surface area contributed by atoms with Crippen molar-refractivity contribution in [2.75, 3.05) is 18.6 Å². The molecule has 1 aromatic carbocycles. The molecule has 0 saturated heterocycles. The summed E-state index contributed by atoms with van der Waals surface area (Å²) in [6.45, 7) is 2.89. The van der Waals surface area contributed by atoms with Gasteiger partial charge in [-0.25, -0.2) is 9.98 Å². The van der Waals surface area contributed by atoms with E-state index >= 15 is 0 Å². The fraction of sp³-hybridized carbons (Fsp3) is 0.556. The third-order valence-corrected chi connectivity index (χ3v) is 8.08. The minimum absolute atomic E-state index is 0. The molecule has 6 rings (SSSR count). The molecule has 208 valence electrons. The van der Waals surface area contributed by atoms with Crippen molar-refractivity contribution in [1.82, 2.24) is 25.2 Å². The maximum atomic E-state index is 6.24. The minimum Gasteiger partial charge on any atom is -0.497 e. The van der Waals surface area contributed by atoms with Gasteiger partial charge in [0, 0.05) is 29.0 Å². The molecule has 9 nitrogen and oxygen atoms in total. The molecule has 2 fully saturated rings. The molecule has 1 atom stereocenters. The predicted molar refractivity (Wildman–Crippen MR) is 159 cm³/mol. The van der Waals surface area contributed by atoms with Gasteiger partial charge in [-0.05, 0) is 69.3 Å². The van der Waals surface area contributed by atoms with E-state index in [0.29, 0.717) is 18.1 Å². The third-order valence-electron chi connectivity index (χ3n) is 8.08. The number of fused-ring (bicyclic) bond motifs is 2. The van der Waals surface area contributed by atoms with Gasteiger partial charge in [0.15, 0.2) is 0 Å². The summed E-state index contributed by atoms with van der Waals surface area (Å²) in [5.74, 6) is 2.05. The van der Waals surface area contributed by atoms with Crippen LogP contribution in [-0.4, -0.2) is 52.4 Å². The molecule has 1 aliphatic heterocycles. The van der Waals surface area contributed by atoms with Gasteiger partial charge in [-0.3, -0.25) is 15.5 Å². The van der Waals surface area contributed by atoms with Crippen molar-refractivity contribution in [3.8, 4) is 5.75 Å². The van der Waals surface area contributed by atoms with Gasteiger partial charge in [0.2, 0.25) is 0 Å². The van der Waals surface area contributed by atoms with Gasteiger partial charge in [0.05, 0.1) is 19.7 Å². The van der Waals surface area contributed by atoms with Crippen LogP contribution >= 0.6 is 24.8 Å². The second-order valence-corrected chi connectivity index (χ2v) is 10.5. The maximum Gasteiger partial charge on any atom is 0.253 e. The van der Waals surface area contributed by atoms with Crippen molar-refractivity contribution < 1.29 is 4.74 Å². The Hall–Kier alpha value is -2.30. The molecule has 0 amide bonds. The largest absolute Gasteiger partial charge is 0.497 e. The van der Waals surface area contributed by atoms with E-state index in [4.69, 9.17) is 20.4 Å². The van der Waals surface area contributed by atoms with Gasteiger partial charge in [0.1, 0.15) is 23.1 Å². The highest BCUT2D eigenvalue weighted by Crippen LogP contribution is 2.42. The van der Waals surface area contributed by atoms with Crippen LogP contribution in [0.4, 0.5) is 11.6 Å². The summed E-state index contributed by atoms with van der Waals surface area (Å²) < 4.78 is 7.88. The molecule has 2 aromatic heterocycles. The highest BCUT2D eigenvalue weighted by atomic mass is 35.5. The topological polar surface area (TPSA) is 109 Å². The van der Waals surface area contributed by atoms with Crippen LogP contribution in [0, 0.1) is 0 Å². The number of rotatable bonds is 7. The molecule has 11 heteroatoms. The van der Waals surface area contributed by atoms with Crippen molar-refractivity contribution in [3.05, 3.63) is 36.3 Å². The fourth-order valence-electron chi connectivity index (χ4n) is 6.21. The van der Waals surface area contributed by atoms with Gasteiger partial charge >= 0.3 is 0 Å². The van der Waals surface area contributed by atoms with Gasteiger partial charge in [-0.1, -0.05) is 19.8 Å². The molecule has 0 spiro atoms. The molecule has 3 aliphatic rings. The van der Waals surface area contributed by atoms with Crippen LogP contribution in [0.3, 0.4) is 0 Å². The molecule has 0 radical (unpaired) electrons. The molecule has 3 heterocycles. The molecule has 0 bridgehead atoms. The van der Waals surface area contributed by atoms with E-state index < -0.39 is 5.91 Å². The molecule has 3 aromatic rings. The van der Waals surface area contributed by atoms with Gasteiger partial charge in [-0.2, -0.15) is 0 Å². The molecular formula is C27H40Cl2N8O. The highest BCUT2D eigenvalue weighted by molar-refractivity contribution is 5.92. The number of imidazole rings is 1. The number of nitrogens with zero attached hydrogens (tertiary/aromatic N) is 4. The minimum atomic E-state index is -0.838. The Balaban J connectivity index is 0.00000168. The Morgan fingerprint density at radius 2 is 1.87 bits per heavy atom. The Labute approximate surface area is 236 Å². The number of ether oxygens (including phenoxy) is 1. The monoisotopic (exact) mass is 562 g/mol. The van der Waals surface area contributed by atoms with E-state index in [0.717, 1.165) is 66.2 Å². The first kappa shape index (κ1) is 28.7. The maximum absolute atomic E-state index is 6.24. The zero-order valence-corrected chi connectivity index (χ0v) is 23.8. The van der Waals surface area contributed by atoms with Crippen molar-refractivity contribution in [2.24, 2.45) is 10.7 Å². The quantitative estimate of drug-likeness (QED) is 0.302. The SMILES string of the molecule is CCNC1(N[C@H]2CC[C@H](N)CC2)N=Cc2ncn(C3CCCC3)c2N1c1cc2cc(OC)ccc2[nH]1.Cl.Cl. The molecule has 2 saturated carbocycles. The normalized spacial score (nSPS) is 25.2. The van der Waals surface area contributed by atoms with E-state index in [9.17, 15) is 0 Å². The van der Waals surface area contributed by atoms with Crippen LogP contribution in [0.15, 0.2) is 35.6 Å². The number of hydrogen-bond acceptors (Lipinski definition) is 7. The Bertz CT molecular complexity index is 1250. The number of aromatic amines is 1. The summed E-state index contributed by atoms with van der Waals surface area (Å²) in [6, 6.07) is 9.39. The Morgan fingerprint density at radius 1 is 1.11 bits per heavy atom. The molecule has 38 heavy (non-hydrogen) atoms. The molecule has 1 unspecified atom stereocenters. The van der Waals surface area contributed by atoms with Crippen LogP contribution < -0.4 is 26.0 Å². The summed E-state index contributed by atoms with van der Waals surface area (Å²) in [7, 11) is 1.71. The number of methoxy groups -OCH3 is 1. The average Bonchev–Trinajstić information content (AvgIpc) is 3.64. The predicted octanol–water partition coefficient (Wildman–Crippen LogP) is 4.98. The summed E-state index contributed by atoms with van der Waals surface area (Å²) in [4.78, 5) is 15.9. The number of H-pyrrole nitrogens is 1. The first-order chi connectivity index (χ1) is 17.6. The number of anilines is 2. The number of halogens is 2. The second-order valence-electron chi connectivity index (χ2n) is 10.5. The van der Waals surface area contributed by atoms with Gasteiger partial charge in [-0.15, -0.1) is 24.8 Å². The first-order valence-electron chi connectivity index (χ1n) is 13.5. The lowest BCUT2D eigenvalue weighted by atomic mass is 9.91. The van der Waals surface area contributed by atoms with Crippen molar-refractivity contribution in [2.45, 2.75) is 82.3 Å². The summed E-state index contributed by atoms with van der Waals surface area (Å²) in [5, 5.41) is 8.75. The number of aliphatic imine (C=N–C) groups is 1. The van der Waals surface area contributed by atoms with Crippen molar-refractivity contribution in [1.29, 1.82) is 0 Å². The lowest BCUT2D eigenvalue weighted by Crippen LogP contribution is -2.69. The summed E-state index contributed by atoms with van der Waals surface area (Å²) in [5.41, 5.74) is 8.20. The number of benzene rings is 1. The molecule has 5 N–H and O–H groups in total. The third kappa shape index (κ3) is 5.14. The lowest BCUT2D eigenvalue weighted by molar-refractivity contribution is 0.207. The fourth-order valence-corrected chi connectivity index (χ4v) is 6.21. The van der Waals surface area contributed by atoms with Crippen LogP contribution in [-0.2, 0) is 0 Å². The lowest BCUT2D eigenvalue weighted by Gasteiger charge is -2.47. The average molecular weight is 564 g/mol. The van der Waals surface area contributed by atoms with Crippen molar-refractivity contribution in [3.63, 3.8) is 0 Å². The van der Waals surface area contributed by atoms with Crippen LogP contribution in [0.5, 0.6) is 5.75 Å². The zero-order chi connectivity index (χ0) is 24.7. The van der Waals surface area contributed by atoms with E-state index in [-0.39, 0.29) is 24.8 Å². The number of nitrogens with two attached hydrogens (primary N) is 1. The first-order valence-corrected chi connectivity index (χ1v) is 13.5. The second kappa shape index (κ2) is 11.8. The van der Waals surface area contributed by atoms with Crippen LogP contribution in [0.1, 0.15) is 70.0 Å². The van der Waals surface area contributed by atoms with Crippen LogP contribution in [0.25, 0.3) is 10.9 Å². The summed E-state index contributed by atoms with van der Waals surface area (Å²) in [6.07, 6.45) is 13.0. The van der Waals surface area contributed by atoms with E-state index in [2.05, 4.69) is 50.2 Å². The number of nitrogens with one attached hydrogen (secondary N) is 3. The highest BCUT2D eigenvalue weighted by Gasteiger charge is 2.45. The smallest absolute Gasteiger partial charge is 0.253 e. The van der Waals surface area contributed by atoms with E-state index in [1.807, 2.05) is 18.6 Å². The number of aromatic nitrogens is 3. The molecule has 2 aliphatic carbocycles. The van der Waals surface area contributed by atoms with Gasteiger partial charge < -0.3 is 20.0 Å². The Kier molecular flexibility index (Phi) is 8.94. The van der Waals surface area contributed by atoms with Crippen LogP contribution in [0.2, 0.25) is 0 Å². The summed E-state index contributed by atoms with van der Waals surface area (Å²) >= 11 is 0. The van der Waals surface area contributed by atoms with E-state index in [1.54, 1.807) is 7.11 Å². The number of hydrogen-bond donors (Lipinski definition) is 4. The zero-order valence-electron chi connectivity index (χ0n) is 22.2. The molecular weight excluding hydrogens is 523 g/mol. The Morgan fingerprint density at radius 3 is 2.58 bits per heavy atom.